The molecule has 0 aromatic heterocycles. The zero-order valence-corrected chi connectivity index (χ0v) is 40.5. The van der Waals surface area contributed by atoms with E-state index in [9.17, 15) is 52.7 Å². The van der Waals surface area contributed by atoms with Gasteiger partial charge >= 0.3 is 69.8 Å². The third kappa shape index (κ3) is 73.8. The van der Waals surface area contributed by atoms with Crippen molar-refractivity contribution in [3.63, 3.8) is 0 Å². The standard InChI is InChI=1S/C10H20.2C4H11Si.4CHF3O3S.2Sn/c1-3-5-7-9-10-8-6-4-2;2*1-5(2,3)4;4*2-1(3,4)8(5,6)7;;/h1-10H2;2*1H2,2-4H3;4*(H,5,6,7);;/q;;;;;;;2*+2/p-4. The van der Waals surface area contributed by atoms with Crippen molar-refractivity contribution in [2.45, 2.75) is 113 Å². The minimum Gasteiger partial charge on any atom is -0.741 e. The third-order valence-corrected chi connectivity index (χ3v) is 5.15. The average Bonchev–Trinajstić information content (AvgIpc) is 2.75. The van der Waals surface area contributed by atoms with Crippen LogP contribution in [-0.4, -0.2) is 138 Å². The Balaban J connectivity index is -0.0000000628. The fourth-order valence-corrected chi connectivity index (χ4v) is 1.06. The van der Waals surface area contributed by atoms with Gasteiger partial charge in [0, 0.05) is 16.1 Å². The second-order valence-electron chi connectivity index (χ2n) is 11.5. The van der Waals surface area contributed by atoms with Crippen LogP contribution in [0.25, 0.3) is 0 Å². The van der Waals surface area contributed by atoms with Gasteiger partial charge in [0.1, 0.15) is 0 Å². The molecule has 0 saturated heterocycles. The molecule has 0 unspecified atom stereocenters. The first-order valence-corrected chi connectivity index (χ1v) is 26.3. The van der Waals surface area contributed by atoms with E-state index in [1.54, 1.807) is 0 Å². The molecular weight excluding hydrogens is 1110 g/mol. The van der Waals surface area contributed by atoms with E-state index in [2.05, 4.69) is 66.2 Å². The molecule has 0 rings (SSSR count). The molecule has 0 aromatic rings. The average molecular weight is 1150 g/mol. The van der Waals surface area contributed by atoms with Crippen LogP contribution in [0, 0.1) is 26.9 Å². The van der Waals surface area contributed by atoms with Gasteiger partial charge in [-0.15, -0.1) is 0 Å². The van der Waals surface area contributed by atoms with Crippen LogP contribution < -0.4 is 0 Å². The van der Waals surface area contributed by atoms with Gasteiger partial charge in [-0.25, -0.2) is 33.7 Å². The number of rotatable bonds is 7. The molecule has 0 heterocycles. The van der Waals surface area contributed by atoms with Crippen molar-refractivity contribution in [2.24, 2.45) is 0 Å². The second-order valence-corrected chi connectivity index (χ2v) is 27.3. The van der Waals surface area contributed by atoms with E-state index in [-0.39, 0.29) is 47.8 Å². The summed E-state index contributed by atoms with van der Waals surface area (Å²) < 4.78 is 236. The van der Waals surface area contributed by atoms with Crippen molar-refractivity contribution >= 4 is 104 Å². The zero-order valence-electron chi connectivity index (χ0n) is 29.6. The van der Waals surface area contributed by atoms with E-state index in [0.717, 1.165) is 12.8 Å². The Bertz CT molecular complexity index is 1150. The van der Waals surface area contributed by atoms with Crippen LogP contribution in [0.3, 0.4) is 0 Å². The van der Waals surface area contributed by atoms with Crippen LogP contribution in [-0.2, 0) is 40.5 Å². The van der Waals surface area contributed by atoms with Gasteiger partial charge in [0.25, 0.3) is 0 Å². The molecule has 0 fully saturated rings. The SMILES string of the molecule is O=S(=O)([O-])C(F)(F)F.O=S(=O)([O-])C(F)(F)F.O=S(=O)([O-])C(F)(F)F.O=S(=O)([O-])C(F)(F)F.[CH2+]CCCCCCCC[CH2-].[CH2][Si](C)(C)C.[CH2][Si](C)(C)C.[Sn+2].[Sn+2]. The second kappa shape index (κ2) is 31.6. The molecule has 0 amide bonds. The summed E-state index contributed by atoms with van der Waals surface area (Å²) in [7, 11) is -26.1. The van der Waals surface area contributed by atoms with Crippen LogP contribution in [0.15, 0.2) is 0 Å². The van der Waals surface area contributed by atoms with E-state index in [1.807, 2.05) is 0 Å². The third-order valence-electron chi connectivity index (χ3n) is 2.88. The Morgan fingerprint density at radius 3 is 0.667 bits per heavy atom. The molecule has 6 radical (unpaired) electrons. The van der Waals surface area contributed by atoms with E-state index < -0.39 is 78.7 Å². The van der Waals surface area contributed by atoms with Gasteiger partial charge in [-0.05, 0) is 12.8 Å². The van der Waals surface area contributed by atoms with Crippen molar-refractivity contribution in [1.82, 2.24) is 0 Å². The Labute approximate surface area is 346 Å². The molecule has 32 heteroatoms. The number of halogens is 12. The molecule has 0 N–H and O–H groups in total. The maximum Gasteiger partial charge on any atom is 2.00 e. The molecule has 0 spiro atoms. The fourth-order valence-electron chi connectivity index (χ4n) is 1.06. The minimum absolute atomic E-state index is 0. The molecule has 0 atom stereocenters. The summed E-state index contributed by atoms with van der Waals surface area (Å²) in [5.41, 5.74) is -22.6. The first-order valence-electron chi connectivity index (χ1n) is 13.3. The van der Waals surface area contributed by atoms with Gasteiger partial charge in [-0.1, -0.05) is 78.1 Å². The minimum atomic E-state index is -6.09. The topological polar surface area (TPSA) is 229 Å². The molecule has 0 aliphatic rings. The van der Waals surface area contributed by atoms with Crippen LogP contribution >= 0.6 is 0 Å². The fraction of sp³-hybridized carbons (Fsp3) is 0.818. The maximum absolute atomic E-state index is 10.7. The van der Waals surface area contributed by atoms with Crippen LogP contribution in [0.2, 0.25) is 39.3 Å². The van der Waals surface area contributed by atoms with Gasteiger partial charge in [-0.2, -0.15) is 59.1 Å². The van der Waals surface area contributed by atoms with E-state index in [1.165, 1.54) is 38.5 Å². The summed E-state index contributed by atoms with van der Waals surface area (Å²) >= 11 is 0. The van der Waals surface area contributed by atoms with Crippen LogP contribution in [0.5, 0.6) is 0 Å². The molecule has 54 heavy (non-hydrogen) atoms. The molecule has 0 bridgehead atoms. The van der Waals surface area contributed by atoms with Crippen molar-refractivity contribution in [1.29, 1.82) is 0 Å². The molecule has 0 aliphatic carbocycles. The normalized spacial score (nSPS) is 12.4. The van der Waals surface area contributed by atoms with Crippen molar-refractivity contribution in [2.75, 3.05) is 0 Å². The van der Waals surface area contributed by atoms with Gasteiger partial charge in [0.2, 0.25) is 0 Å². The summed E-state index contributed by atoms with van der Waals surface area (Å²) in [5, 5.41) is 0. The van der Waals surface area contributed by atoms with E-state index >= 15 is 0 Å². The van der Waals surface area contributed by atoms with Crippen LogP contribution in [0.1, 0.15) is 51.4 Å². The summed E-state index contributed by atoms with van der Waals surface area (Å²) in [6.45, 7) is 28.7. The summed E-state index contributed by atoms with van der Waals surface area (Å²) in [6, 6.07) is 0. The smallest absolute Gasteiger partial charge is 0.741 e. The van der Waals surface area contributed by atoms with Gasteiger partial charge in [-0.3, -0.25) is 0 Å². The predicted molar refractivity (Wildman–Crippen MR) is 180 cm³/mol. The van der Waals surface area contributed by atoms with Crippen LogP contribution in [0.4, 0.5) is 52.7 Å². The molecular formula is C22H42F12O12S4Si2Sn2. The number of hydrogen-bond acceptors (Lipinski definition) is 12. The summed E-state index contributed by atoms with van der Waals surface area (Å²) in [4.78, 5) is 0. The summed E-state index contributed by atoms with van der Waals surface area (Å²) in [5.74, 6) is 0. The quantitative estimate of drug-likeness (QED) is 0.0655. The van der Waals surface area contributed by atoms with Gasteiger partial charge in [0.15, 0.2) is 40.5 Å². The number of alkyl halides is 12. The van der Waals surface area contributed by atoms with Crippen molar-refractivity contribution in [3.8, 4) is 0 Å². The number of unbranched alkanes of at least 4 members (excludes halogenated alkanes) is 7. The molecule has 0 saturated carbocycles. The Morgan fingerprint density at radius 2 is 0.574 bits per heavy atom. The molecule has 0 aliphatic heterocycles. The van der Waals surface area contributed by atoms with E-state index in [4.69, 9.17) is 51.9 Å². The zero-order chi connectivity index (χ0) is 44.7. The van der Waals surface area contributed by atoms with Crippen molar-refractivity contribution in [3.05, 3.63) is 26.9 Å². The first-order chi connectivity index (χ1) is 21.9. The maximum atomic E-state index is 10.7. The summed E-state index contributed by atoms with van der Waals surface area (Å²) in [6.07, 6.45) is 10.4. The predicted octanol–water partition coefficient (Wildman–Crippen LogP) is 6.62. The molecule has 326 valence electrons. The van der Waals surface area contributed by atoms with Crippen molar-refractivity contribution < 1.29 is 105 Å². The Kier molecular flexibility index (Phi) is 44.2. The molecule has 0 aromatic carbocycles. The first kappa shape index (κ1) is 75.5. The monoisotopic (exact) mass is 1150 g/mol. The van der Waals surface area contributed by atoms with Gasteiger partial charge < -0.3 is 25.1 Å². The molecule has 12 nitrogen and oxygen atoms in total. The van der Waals surface area contributed by atoms with Gasteiger partial charge in [0.05, 0.1) is 13.3 Å². The van der Waals surface area contributed by atoms with E-state index in [0.29, 0.717) is 0 Å². The largest absolute Gasteiger partial charge is 2.00 e. The Hall–Kier alpha value is 0.701. The number of hydrogen-bond donors (Lipinski definition) is 0. The Morgan fingerprint density at radius 1 is 0.463 bits per heavy atom.